The van der Waals surface area contributed by atoms with Gasteiger partial charge in [-0.15, -0.1) is 0 Å². The third-order valence-corrected chi connectivity index (χ3v) is 4.82. The molecule has 3 heterocycles. The first kappa shape index (κ1) is 15.1. The van der Waals surface area contributed by atoms with Crippen LogP contribution in [0, 0.1) is 0 Å². The highest BCUT2D eigenvalue weighted by Crippen LogP contribution is 2.23. The van der Waals surface area contributed by atoms with Gasteiger partial charge in [-0.25, -0.2) is 4.79 Å². The van der Waals surface area contributed by atoms with E-state index in [9.17, 15) is 4.79 Å². The third kappa shape index (κ3) is 3.31. The van der Waals surface area contributed by atoms with E-state index in [-0.39, 0.29) is 6.03 Å². The summed E-state index contributed by atoms with van der Waals surface area (Å²) in [6.07, 6.45) is 1.82. The Labute approximate surface area is 134 Å². The van der Waals surface area contributed by atoms with Crippen LogP contribution >= 0.6 is 11.3 Å². The van der Waals surface area contributed by atoms with Crippen LogP contribution in [0.4, 0.5) is 10.6 Å². The van der Waals surface area contributed by atoms with Crippen LogP contribution < -0.4 is 5.32 Å². The van der Waals surface area contributed by atoms with Gasteiger partial charge in [-0.2, -0.15) is 16.4 Å². The molecule has 118 valence electrons. The number of piperazine rings is 1. The Bertz CT molecular complexity index is 616. The molecule has 2 aromatic rings. The minimum absolute atomic E-state index is 0.0680. The summed E-state index contributed by atoms with van der Waals surface area (Å²) in [6.45, 7) is 5.51. The summed E-state index contributed by atoms with van der Waals surface area (Å²) in [4.78, 5) is 16.5. The maximum atomic E-state index is 12.2. The molecule has 22 heavy (non-hydrogen) atoms. The van der Waals surface area contributed by atoms with Gasteiger partial charge in [0.25, 0.3) is 0 Å². The molecule has 6 nitrogen and oxygen atoms in total. The van der Waals surface area contributed by atoms with Crippen molar-refractivity contribution in [3.8, 4) is 0 Å². The molecule has 0 bridgehead atoms. The first-order valence-electron chi connectivity index (χ1n) is 7.45. The number of hydrogen-bond donors (Lipinski definition) is 1. The Morgan fingerprint density at radius 1 is 1.32 bits per heavy atom. The average Bonchev–Trinajstić information content (AvgIpc) is 3.18. The smallest absolute Gasteiger partial charge is 0.322 e. The summed E-state index contributed by atoms with van der Waals surface area (Å²) >= 11 is 1.73. The van der Waals surface area contributed by atoms with E-state index in [1.807, 2.05) is 18.1 Å². The lowest BCUT2D eigenvalue weighted by Gasteiger charge is -2.37. The number of amides is 2. The molecule has 2 amide bonds. The average molecular weight is 319 g/mol. The van der Waals surface area contributed by atoms with Crippen LogP contribution in [0.1, 0.15) is 18.5 Å². The number of aromatic nitrogens is 2. The molecule has 1 fully saturated rings. The normalized spacial score (nSPS) is 17.5. The topological polar surface area (TPSA) is 53.4 Å². The van der Waals surface area contributed by atoms with E-state index in [0.717, 1.165) is 26.2 Å². The minimum Gasteiger partial charge on any atom is -0.322 e. The third-order valence-electron chi connectivity index (χ3n) is 4.12. The number of urea groups is 1. The highest BCUT2D eigenvalue weighted by atomic mass is 32.1. The van der Waals surface area contributed by atoms with E-state index in [1.54, 1.807) is 22.1 Å². The second-order valence-electron chi connectivity index (χ2n) is 5.56. The van der Waals surface area contributed by atoms with E-state index >= 15 is 0 Å². The Kier molecular flexibility index (Phi) is 4.44. The Hall–Kier alpha value is -1.86. The molecule has 1 unspecified atom stereocenters. The van der Waals surface area contributed by atoms with Crippen LogP contribution in [-0.2, 0) is 7.05 Å². The SMILES string of the molecule is CC(c1ccsc1)N1CCN(C(=O)Nc2ccn(C)n2)CC1. The first-order valence-corrected chi connectivity index (χ1v) is 8.39. The molecule has 0 aliphatic carbocycles. The van der Waals surface area contributed by atoms with E-state index < -0.39 is 0 Å². The van der Waals surface area contributed by atoms with Gasteiger partial charge in [0.15, 0.2) is 5.82 Å². The van der Waals surface area contributed by atoms with Crippen LogP contribution in [0.2, 0.25) is 0 Å². The van der Waals surface area contributed by atoms with Crippen molar-refractivity contribution in [3.05, 3.63) is 34.7 Å². The first-order chi connectivity index (χ1) is 10.6. The molecular weight excluding hydrogens is 298 g/mol. The molecule has 1 atom stereocenters. The molecule has 1 N–H and O–H groups in total. The second-order valence-corrected chi connectivity index (χ2v) is 6.34. The monoisotopic (exact) mass is 319 g/mol. The minimum atomic E-state index is -0.0680. The molecule has 7 heteroatoms. The maximum absolute atomic E-state index is 12.2. The van der Waals surface area contributed by atoms with Gasteiger partial charge >= 0.3 is 6.03 Å². The zero-order valence-corrected chi connectivity index (χ0v) is 13.7. The number of hydrogen-bond acceptors (Lipinski definition) is 4. The Morgan fingerprint density at radius 2 is 2.09 bits per heavy atom. The lowest BCUT2D eigenvalue weighted by atomic mass is 10.1. The highest BCUT2D eigenvalue weighted by Gasteiger charge is 2.25. The standard InChI is InChI=1S/C15H21N5OS/c1-12(13-4-10-22-11-13)19-6-8-20(9-7-19)15(21)16-14-3-5-18(2)17-14/h3-5,10-12H,6-9H2,1-2H3,(H,16,17,21). The van der Waals surface area contributed by atoms with Crippen LogP contribution in [-0.4, -0.2) is 51.8 Å². The van der Waals surface area contributed by atoms with Crippen LogP contribution in [0.3, 0.4) is 0 Å². The molecule has 1 saturated heterocycles. The summed E-state index contributed by atoms with van der Waals surface area (Å²) in [5, 5.41) is 11.3. The van der Waals surface area contributed by atoms with Crippen molar-refractivity contribution >= 4 is 23.2 Å². The van der Waals surface area contributed by atoms with Crippen molar-refractivity contribution in [1.82, 2.24) is 19.6 Å². The molecule has 1 aliphatic heterocycles. The van der Waals surface area contributed by atoms with Gasteiger partial charge in [-0.1, -0.05) is 0 Å². The molecule has 0 saturated carbocycles. The number of nitrogens with zero attached hydrogens (tertiary/aromatic N) is 4. The van der Waals surface area contributed by atoms with Crippen molar-refractivity contribution in [2.75, 3.05) is 31.5 Å². The van der Waals surface area contributed by atoms with Gasteiger partial charge in [0.2, 0.25) is 0 Å². The summed E-state index contributed by atoms with van der Waals surface area (Å²) in [5.74, 6) is 0.599. The predicted molar refractivity (Wildman–Crippen MR) is 88.1 cm³/mol. The van der Waals surface area contributed by atoms with Crippen molar-refractivity contribution in [3.63, 3.8) is 0 Å². The van der Waals surface area contributed by atoms with Crippen LogP contribution in [0.5, 0.6) is 0 Å². The van der Waals surface area contributed by atoms with Crippen molar-refractivity contribution in [2.24, 2.45) is 7.05 Å². The number of carbonyl (C=O) groups excluding carboxylic acids is 1. The predicted octanol–water partition coefficient (Wildman–Crippen LogP) is 2.39. The molecule has 2 aromatic heterocycles. The molecule has 0 radical (unpaired) electrons. The molecule has 1 aliphatic rings. The molecule has 0 spiro atoms. The van der Waals surface area contributed by atoms with E-state index in [4.69, 9.17) is 0 Å². The largest absolute Gasteiger partial charge is 0.323 e. The van der Waals surface area contributed by atoms with Gasteiger partial charge in [-0.3, -0.25) is 14.9 Å². The Morgan fingerprint density at radius 3 is 2.68 bits per heavy atom. The summed E-state index contributed by atoms with van der Waals surface area (Å²) < 4.78 is 1.68. The number of thiophene rings is 1. The fourth-order valence-electron chi connectivity index (χ4n) is 2.71. The number of rotatable bonds is 3. The fourth-order valence-corrected chi connectivity index (χ4v) is 3.45. The summed E-state index contributed by atoms with van der Waals surface area (Å²) in [6, 6.07) is 4.32. The number of aryl methyl sites for hydroxylation is 1. The second kappa shape index (κ2) is 6.50. The van der Waals surface area contributed by atoms with Crippen LogP contribution in [0.25, 0.3) is 0 Å². The zero-order chi connectivity index (χ0) is 15.5. The van der Waals surface area contributed by atoms with Gasteiger partial charge in [0.1, 0.15) is 0 Å². The van der Waals surface area contributed by atoms with Gasteiger partial charge in [0, 0.05) is 51.5 Å². The zero-order valence-electron chi connectivity index (χ0n) is 12.9. The van der Waals surface area contributed by atoms with Crippen molar-refractivity contribution in [2.45, 2.75) is 13.0 Å². The van der Waals surface area contributed by atoms with Gasteiger partial charge in [-0.05, 0) is 29.3 Å². The highest BCUT2D eigenvalue weighted by molar-refractivity contribution is 7.07. The summed E-state index contributed by atoms with van der Waals surface area (Å²) in [5.41, 5.74) is 1.36. The lowest BCUT2D eigenvalue weighted by molar-refractivity contribution is 0.119. The molecule has 0 aromatic carbocycles. The maximum Gasteiger partial charge on any atom is 0.323 e. The Balaban J connectivity index is 1.52. The number of carbonyl (C=O) groups is 1. The fraction of sp³-hybridized carbons (Fsp3) is 0.467. The van der Waals surface area contributed by atoms with E-state index in [0.29, 0.717) is 11.9 Å². The van der Waals surface area contributed by atoms with Crippen LogP contribution in [0.15, 0.2) is 29.1 Å². The van der Waals surface area contributed by atoms with Crippen molar-refractivity contribution < 1.29 is 4.79 Å². The van der Waals surface area contributed by atoms with Gasteiger partial charge in [0.05, 0.1) is 0 Å². The molecule has 3 rings (SSSR count). The van der Waals surface area contributed by atoms with Crippen molar-refractivity contribution in [1.29, 1.82) is 0 Å². The van der Waals surface area contributed by atoms with E-state index in [2.05, 4.69) is 39.1 Å². The van der Waals surface area contributed by atoms with Gasteiger partial charge < -0.3 is 4.90 Å². The van der Waals surface area contributed by atoms with E-state index in [1.165, 1.54) is 5.56 Å². The number of anilines is 1. The quantitative estimate of drug-likeness (QED) is 0.945. The number of nitrogens with one attached hydrogen (secondary N) is 1. The molecular formula is C15H21N5OS. The lowest BCUT2D eigenvalue weighted by Crippen LogP contribution is -2.50. The summed E-state index contributed by atoms with van der Waals surface area (Å²) in [7, 11) is 1.83.